The Morgan fingerprint density at radius 2 is 2.45 bits per heavy atom. The molecule has 1 rings (SSSR count). The van der Waals surface area contributed by atoms with Crippen LogP contribution in [-0.2, 0) is 9.53 Å². The van der Waals surface area contributed by atoms with Crippen molar-refractivity contribution in [1.82, 2.24) is 5.32 Å². The van der Waals surface area contributed by atoms with Crippen LogP contribution in [0.3, 0.4) is 0 Å². The molecule has 0 bridgehead atoms. The van der Waals surface area contributed by atoms with Gasteiger partial charge in [0.25, 0.3) is 0 Å². The second-order valence-corrected chi connectivity index (χ2v) is 2.85. The van der Waals surface area contributed by atoms with Crippen molar-refractivity contribution in [3.63, 3.8) is 0 Å². The Hall–Kier alpha value is -1.06. The van der Waals surface area contributed by atoms with Crippen LogP contribution >= 0.6 is 0 Å². The average Bonchev–Trinajstić information content (AvgIpc) is 2.34. The van der Waals surface area contributed by atoms with E-state index < -0.39 is 12.1 Å². The Labute approximate surface area is 66.4 Å². The Morgan fingerprint density at radius 1 is 1.82 bits per heavy atom. The fourth-order valence-electron chi connectivity index (χ4n) is 0.940. The topological polar surface area (TPSA) is 55.4 Å². The van der Waals surface area contributed by atoms with Gasteiger partial charge in [0, 0.05) is 7.34 Å². The van der Waals surface area contributed by atoms with E-state index in [0.29, 0.717) is 0 Å². The lowest BCUT2D eigenvalue weighted by molar-refractivity contribution is -0.123. The first-order valence-corrected chi connectivity index (χ1v) is 3.58. The van der Waals surface area contributed by atoms with Crippen LogP contribution in [0.25, 0.3) is 0 Å². The minimum absolute atomic E-state index is 0. The van der Waals surface area contributed by atoms with Gasteiger partial charge in [0.05, 0.1) is 0 Å². The van der Waals surface area contributed by atoms with Crippen LogP contribution in [0.15, 0.2) is 0 Å². The predicted octanol–water partition coefficient (Wildman–Crippen LogP) is 0.566. The quantitative estimate of drug-likeness (QED) is 0.640. The molecule has 11 heavy (non-hydrogen) atoms. The van der Waals surface area contributed by atoms with Gasteiger partial charge in [0.15, 0.2) is 5.78 Å². The molecule has 0 aromatic heterocycles. The molecule has 1 heterocycles. The van der Waals surface area contributed by atoms with Gasteiger partial charge in [-0.2, -0.15) is 0 Å². The number of nitrogens with one attached hydrogen (secondary N) is 1. The number of carbonyl (C=O) groups excluding carboxylic acids is 2. The van der Waals surface area contributed by atoms with Crippen LogP contribution in [0.2, 0.25) is 0 Å². The van der Waals surface area contributed by atoms with E-state index in [-0.39, 0.29) is 19.7 Å². The summed E-state index contributed by atoms with van der Waals surface area (Å²) in [6.07, 6.45) is -0.496. The SMILES string of the molecule is CC(C)C(=O)[C@@H]1COC(=O)N1.[HH]. The molecule has 0 radical (unpaired) electrons. The summed E-state index contributed by atoms with van der Waals surface area (Å²) in [5.74, 6) is -0.0298. The molecule has 0 aliphatic carbocycles. The van der Waals surface area contributed by atoms with Crippen molar-refractivity contribution in [2.24, 2.45) is 5.92 Å². The number of carbonyl (C=O) groups is 2. The predicted molar refractivity (Wildman–Crippen MR) is 40.2 cm³/mol. The number of amides is 1. The molecule has 1 amide bonds. The molecule has 4 nitrogen and oxygen atoms in total. The smallest absolute Gasteiger partial charge is 0.407 e. The molecule has 1 fully saturated rings. The Balaban J connectivity index is 0.00000121. The van der Waals surface area contributed by atoms with Crippen molar-refractivity contribution in [2.45, 2.75) is 19.9 Å². The molecule has 0 aromatic carbocycles. The van der Waals surface area contributed by atoms with Crippen LogP contribution in [0.5, 0.6) is 0 Å². The average molecular weight is 159 g/mol. The van der Waals surface area contributed by atoms with Gasteiger partial charge in [-0.1, -0.05) is 13.8 Å². The summed E-state index contributed by atoms with van der Waals surface area (Å²) < 4.78 is 4.57. The number of rotatable bonds is 2. The summed E-state index contributed by atoms with van der Waals surface area (Å²) in [7, 11) is 0. The number of cyclic esters (lactones) is 1. The number of hydrogen-bond donors (Lipinski definition) is 1. The third-order valence-corrected chi connectivity index (χ3v) is 1.59. The van der Waals surface area contributed by atoms with Gasteiger partial charge in [-0.05, 0) is 0 Å². The van der Waals surface area contributed by atoms with Gasteiger partial charge in [0.1, 0.15) is 12.6 Å². The van der Waals surface area contributed by atoms with Gasteiger partial charge in [-0.15, -0.1) is 0 Å². The first-order valence-electron chi connectivity index (χ1n) is 3.58. The number of alkyl carbamates (subject to hydrolysis) is 1. The fourth-order valence-corrected chi connectivity index (χ4v) is 0.940. The minimum atomic E-state index is -0.496. The van der Waals surface area contributed by atoms with Gasteiger partial charge >= 0.3 is 6.09 Å². The molecule has 0 unspecified atom stereocenters. The standard InChI is InChI=1S/C7H11NO3.H2/c1-4(2)6(9)5-3-11-7(10)8-5;/h4-5H,3H2,1-2H3,(H,8,10);1H/t5-;/m0./s1. The van der Waals surface area contributed by atoms with E-state index in [0.717, 1.165) is 0 Å². The van der Waals surface area contributed by atoms with E-state index in [1.807, 2.05) is 0 Å². The van der Waals surface area contributed by atoms with E-state index in [1.165, 1.54) is 0 Å². The largest absolute Gasteiger partial charge is 0.447 e. The monoisotopic (exact) mass is 159 g/mol. The summed E-state index contributed by atoms with van der Waals surface area (Å²) in [6.45, 7) is 3.77. The van der Waals surface area contributed by atoms with Crippen LogP contribution in [0, 0.1) is 5.92 Å². The zero-order valence-corrected chi connectivity index (χ0v) is 6.59. The molecule has 1 aliphatic heterocycles. The summed E-state index contributed by atoms with van der Waals surface area (Å²) in [5.41, 5.74) is 0. The molecule has 4 heteroatoms. The Morgan fingerprint density at radius 3 is 2.82 bits per heavy atom. The van der Waals surface area contributed by atoms with E-state index in [4.69, 9.17) is 0 Å². The highest BCUT2D eigenvalue weighted by Crippen LogP contribution is 2.05. The Bertz CT molecular complexity index is 193. The number of hydrogen-bond acceptors (Lipinski definition) is 3. The maximum Gasteiger partial charge on any atom is 0.407 e. The van der Waals surface area contributed by atoms with E-state index >= 15 is 0 Å². The third-order valence-electron chi connectivity index (χ3n) is 1.59. The maximum absolute atomic E-state index is 11.2. The lowest BCUT2D eigenvalue weighted by Gasteiger charge is -2.07. The molecule has 1 aliphatic rings. The van der Waals surface area contributed by atoms with Crippen LogP contribution in [-0.4, -0.2) is 24.5 Å². The molecular formula is C7H13NO3. The summed E-state index contributed by atoms with van der Waals surface area (Å²) in [5, 5.41) is 2.42. The van der Waals surface area contributed by atoms with Gasteiger partial charge in [-0.25, -0.2) is 4.79 Å². The van der Waals surface area contributed by atoms with Crippen molar-refractivity contribution in [3.8, 4) is 0 Å². The van der Waals surface area contributed by atoms with Crippen LogP contribution in [0.1, 0.15) is 15.3 Å². The van der Waals surface area contributed by atoms with Gasteiger partial charge in [0.2, 0.25) is 0 Å². The van der Waals surface area contributed by atoms with Crippen molar-refractivity contribution >= 4 is 11.9 Å². The van der Waals surface area contributed by atoms with Crippen LogP contribution in [0.4, 0.5) is 4.79 Å². The fraction of sp³-hybridized carbons (Fsp3) is 0.714. The lowest BCUT2D eigenvalue weighted by atomic mass is 10.0. The molecule has 64 valence electrons. The highest BCUT2D eigenvalue weighted by molar-refractivity contribution is 5.90. The molecule has 0 spiro atoms. The molecule has 1 N–H and O–H groups in total. The minimum Gasteiger partial charge on any atom is -0.447 e. The molecular weight excluding hydrogens is 146 g/mol. The maximum atomic E-state index is 11.2. The summed E-state index contributed by atoms with van der Waals surface area (Å²) in [6, 6.07) is -0.428. The highest BCUT2D eigenvalue weighted by atomic mass is 16.6. The first-order chi connectivity index (χ1) is 5.11. The van der Waals surface area contributed by atoms with E-state index in [1.54, 1.807) is 13.8 Å². The third kappa shape index (κ3) is 1.69. The zero-order chi connectivity index (χ0) is 8.43. The number of Topliss-reactive ketones (excluding diaryl/α,β-unsaturated/α-hetero) is 1. The van der Waals surface area contributed by atoms with Crippen molar-refractivity contribution in [2.75, 3.05) is 6.61 Å². The number of ketones is 1. The second kappa shape index (κ2) is 2.90. The van der Waals surface area contributed by atoms with Crippen LogP contribution < -0.4 is 5.32 Å². The van der Waals surface area contributed by atoms with Crippen molar-refractivity contribution in [3.05, 3.63) is 0 Å². The summed E-state index contributed by atoms with van der Waals surface area (Å²) in [4.78, 5) is 21.7. The van der Waals surface area contributed by atoms with E-state index in [9.17, 15) is 9.59 Å². The van der Waals surface area contributed by atoms with Crippen molar-refractivity contribution < 1.29 is 15.8 Å². The van der Waals surface area contributed by atoms with E-state index in [2.05, 4.69) is 10.1 Å². The molecule has 1 saturated heterocycles. The normalized spacial score (nSPS) is 23.2. The zero-order valence-electron chi connectivity index (χ0n) is 6.59. The lowest BCUT2D eigenvalue weighted by Crippen LogP contribution is -2.36. The number of ether oxygens (including phenoxy) is 1. The Kier molecular flexibility index (Phi) is 2.12. The molecule has 0 saturated carbocycles. The van der Waals surface area contributed by atoms with Crippen molar-refractivity contribution in [1.29, 1.82) is 0 Å². The highest BCUT2D eigenvalue weighted by Gasteiger charge is 2.29. The van der Waals surface area contributed by atoms with Gasteiger partial charge in [-0.3, -0.25) is 4.79 Å². The summed E-state index contributed by atoms with van der Waals surface area (Å²) >= 11 is 0. The van der Waals surface area contributed by atoms with Gasteiger partial charge < -0.3 is 10.1 Å². The molecule has 0 aromatic rings. The first kappa shape index (κ1) is 8.04. The second-order valence-electron chi connectivity index (χ2n) is 2.85. The molecule has 1 atom stereocenters.